The summed E-state index contributed by atoms with van der Waals surface area (Å²) in [5.41, 5.74) is 5.96. The number of thiocarbonyl (C=S) groups is 1. The summed E-state index contributed by atoms with van der Waals surface area (Å²) < 4.78 is 28.0. The predicted molar refractivity (Wildman–Crippen MR) is 158 cm³/mol. The maximum atomic E-state index is 11.7. The normalized spacial score (nSPS) is 17.5. The Kier molecular flexibility index (Phi) is 7.13. The Morgan fingerprint density at radius 1 is 1.03 bits per heavy atom. The number of aryl methyl sites for hydroxylation is 1. The van der Waals surface area contributed by atoms with Gasteiger partial charge < -0.3 is 14.8 Å². The fourth-order valence-corrected chi connectivity index (χ4v) is 6.27. The van der Waals surface area contributed by atoms with Gasteiger partial charge >= 0.3 is 0 Å². The molecule has 7 nitrogen and oxygen atoms in total. The van der Waals surface area contributed by atoms with Gasteiger partial charge in [0.1, 0.15) is 0 Å². The van der Waals surface area contributed by atoms with E-state index in [4.69, 9.17) is 35.4 Å². The summed E-state index contributed by atoms with van der Waals surface area (Å²) in [7, 11) is -3.39. The van der Waals surface area contributed by atoms with Crippen molar-refractivity contribution in [1.82, 2.24) is 14.9 Å². The molecule has 0 amide bonds. The standard InChI is InChI=1S/C27H25Cl2N5O2S2/c1-16-15-20(17(2)33(16)23-9-6-7-21(28)24(23)29)26-25(22-8-4-5-14-30-22)31-27(37)34(26)19-12-10-18(11-13-19)32-38(3,35)36/h4-15,25-26,32H,1-3H3,(H,31,37)/t25-,26+/m1/s1. The van der Waals surface area contributed by atoms with Crippen LogP contribution in [-0.2, 0) is 10.0 Å². The van der Waals surface area contributed by atoms with E-state index in [0.717, 1.165) is 40.3 Å². The highest BCUT2D eigenvalue weighted by molar-refractivity contribution is 7.92. The number of rotatable bonds is 6. The lowest BCUT2D eigenvalue weighted by atomic mass is 9.96. The summed E-state index contributed by atoms with van der Waals surface area (Å²) >= 11 is 18.8. The van der Waals surface area contributed by atoms with Gasteiger partial charge in [-0.05, 0) is 86.2 Å². The van der Waals surface area contributed by atoms with E-state index in [0.29, 0.717) is 20.8 Å². The highest BCUT2D eigenvalue weighted by Crippen LogP contribution is 2.44. The first-order valence-corrected chi connectivity index (χ1v) is 14.8. The Morgan fingerprint density at radius 2 is 1.76 bits per heavy atom. The number of sulfonamides is 1. The van der Waals surface area contributed by atoms with Gasteiger partial charge in [0.25, 0.3) is 0 Å². The van der Waals surface area contributed by atoms with E-state index in [1.165, 1.54) is 0 Å². The van der Waals surface area contributed by atoms with Crippen LogP contribution in [0.5, 0.6) is 0 Å². The lowest BCUT2D eigenvalue weighted by Gasteiger charge is -2.28. The molecule has 1 fully saturated rings. The molecule has 1 aliphatic rings. The number of halogens is 2. The quantitative estimate of drug-likeness (QED) is 0.257. The molecule has 0 unspecified atom stereocenters. The van der Waals surface area contributed by atoms with Crippen LogP contribution in [0.4, 0.5) is 11.4 Å². The maximum absolute atomic E-state index is 11.7. The highest BCUT2D eigenvalue weighted by Gasteiger charge is 2.42. The molecule has 2 aromatic heterocycles. The number of pyridine rings is 1. The minimum Gasteiger partial charge on any atom is -0.351 e. The summed E-state index contributed by atoms with van der Waals surface area (Å²) in [5, 5.41) is 4.97. The third-order valence-electron chi connectivity index (χ3n) is 6.51. The SMILES string of the molecule is Cc1cc([C@H]2[C@@H](c3ccccn3)NC(=S)N2c2ccc(NS(C)(=O)=O)cc2)c(C)n1-c1cccc(Cl)c1Cl. The molecule has 2 N–H and O–H groups in total. The van der Waals surface area contributed by atoms with Crippen LogP contribution in [0.2, 0.25) is 10.0 Å². The molecule has 2 aromatic carbocycles. The van der Waals surface area contributed by atoms with E-state index < -0.39 is 10.0 Å². The van der Waals surface area contributed by atoms with Crippen LogP contribution in [0.1, 0.15) is 34.7 Å². The fourth-order valence-electron chi connectivity index (χ4n) is 4.98. The monoisotopic (exact) mass is 585 g/mol. The summed E-state index contributed by atoms with van der Waals surface area (Å²) in [5.74, 6) is 0. The number of benzene rings is 2. The van der Waals surface area contributed by atoms with Gasteiger partial charge in [0.15, 0.2) is 5.11 Å². The Morgan fingerprint density at radius 3 is 2.42 bits per heavy atom. The van der Waals surface area contributed by atoms with Crippen molar-refractivity contribution in [2.24, 2.45) is 0 Å². The van der Waals surface area contributed by atoms with E-state index in [2.05, 4.69) is 25.7 Å². The molecule has 0 saturated carbocycles. The number of hydrogen-bond donors (Lipinski definition) is 2. The Balaban J connectivity index is 1.65. The van der Waals surface area contributed by atoms with Gasteiger partial charge in [-0.3, -0.25) is 9.71 Å². The molecule has 0 spiro atoms. The zero-order valence-corrected chi connectivity index (χ0v) is 24.0. The van der Waals surface area contributed by atoms with Gasteiger partial charge in [-0.2, -0.15) is 0 Å². The lowest BCUT2D eigenvalue weighted by Crippen LogP contribution is -2.29. The van der Waals surface area contributed by atoms with Crippen molar-refractivity contribution in [3.8, 4) is 5.69 Å². The topological polar surface area (TPSA) is 79.3 Å². The number of nitrogens with one attached hydrogen (secondary N) is 2. The van der Waals surface area contributed by atoms with Crippen LogP contribution in [0.25, 0.3) is 5.69 Å². The number of aromatic nitrogens is 2. The minimum absolute atomic E-state index is 0.235. The number of hydrogen-bond acceptors (Lipinski definition) is 4. The summed E-state index contributed by atoms with van der Waals surface area (Å²) in [6, 6.07) is 20.2. The van der Waals surface area contributed by atoms with Crippen molar-refractivity contribution in [2.75, 3.05) is 15.9 Å². The van der Waals surface area contributed by atoms with E-state index >= 15 is 0 Å². The van der Waals surface area contributed by atoms with Crippen LogP contribution >= 0.6 is 35.4 Å². The van der Waals surface area contributed by atoms with Gasteiger partial charge in [0, 0.05) is 29.0 Å². The van der Waals surface area contributed by atoms with E-state index in [1.54, 1.807) is 24.4 Å². The molecule has 1 aliphatic heterocycles. The second-order valence-electron chi connectivity index (χ2n) is 9.15. The molecule has 5 rings (SSSR count). The first-order chi connectivity index (χ1) is 18.0. The van der Waals surface area contributed by atoms with Crippen molar-refractivity contribution in [2.45, 2.75) is 25.9 Å². The molecular formula is C27H25Cl2N5O2S2. The van der Waals surface area contributed by atoms with Gasteiger partial charge in [-0.15, -0.1) is 0 Å². The van der Waals surface area contributed by atoms with Crippen LogP contribution in [-0.4, -0.2) is 29.3 Å². The van der Waals surface area contributed by atoms with E-state index in [1.807, 2.05) is 61.2 Å². The molecule has 0 radical (unpaired) electrons. The highest BCUT2D eigenvalue weighted by atomic mass is 35.5. The zero-order chi connectivity index (χ0) is 27.2. The van der Waals surface area contributed by atoms with Gasteiger partial charge in [-0.25, -0.2) is 8.42 Å². The first-order valence-electron chi connectivity index (χ1n) is 11.8. The molecule has 196 valence electrons. The third kappa shape index (κ3) is 4.99. The summed E-state index contributed by atoms with van der Waals surface area (Å²) in [6.07, 6.45) is 2.89. The van der Waals surface area contributed by atoms with Crippen molar-refractivity contribution in [1.29, 1.82) is 0 Å². The molecule has 1 saturated heterocycles. The largest absolute Gasteiger partial charge is 0.351 e. The molecule has 38 heavy (non-hydrogen) atoms. The van der Waals surface area contributed by atoms with Gasteiger partial charge in [-0.1, -0.05) is 35.3 Å². The smallest absolute Gasteiger partial charge is 0.229 e. The molecule has 0 bridgehead atoms. The maximum Gasteiger partial charge on any atom is 0.229 e. The summed E-state index contributed by atoms with van der Waals surface area (Å²) in [4.78, 5) is 6.67. The van der Waals surface area contributed by atoms with Crippen molar-refractivity contribution < 1.29 is 8.42 Å². The van der Waals surface area contributed by atoms with Crippen LogP contribution in [0, 0.1) is 13.8 Å². The third-order valence-corrected chi connectivity index (χ3v) is 8.24. The zero-order valence-electron chi connectivity index (χ0n) is 20.8. The van der Waals surface area contributed by atoms with Crippen molar-refractivity contribution in [3.63, 3.8) is 0 Å². The molecule has 0 aliphatic carbocycles. The van der Waals surface area contributed by atoms with Gasteiger partial charge in [0.2, 0.25) is 10.0 Å². The molecule has 2 atom stereocenters. The predicted octanol–water partition coefficient (Wildman–Crippen LogP) is 6.34. The Labute approximate surface area is 237 Å². The average molecular weight is 587 g/mol. The number of nitrogens with zero attached hydrogens (tertiary/aromatic N) is 3. The van der Waals surface area contributed by atoms with Crippen molar-refractivity contribution >= 4 is 61.9 Å². The van der Waals surface area contributed by atoms with Crippen LogP contribution in [0.3, 0.4) is 0 Å². The minimum atomic E-state index is -3.39. The Bertz CT molecular complexity index is 1620. The second kappa shape index (κ2) is 10.2. The van der Waals surface area contributed by atoms with E-state index in [-0.39, 0.29) is 12.1 Å². The summed E-state index contributed by atoms with van der Waals surface area (Å²) in [6.45, 7) is 4.08. The second-order valence-corrected chi connectivity index (χ2v) is 12.1. The van der Waals surface area contributed by atoms with Crippen LogP contribution < -0.4 is 14.9 Å². The average Bonchev–Trinajstić information content (AvgIpc) is 3.36. The molecule has 3 heterocycles. The van der Waals surface area contributed by atoms with Crippen LogP contribution in [0.15, 0.2) is 72.9 Å². The van der Waals surface area contributed by atoms with E-state index in [9.17, 15) is 8.42 Å². The fraction of sp³-hybridized carbons (Fsp3) is 0.185. The first kappa shape index (κ1) is 26.5. The molecule has 11 heteroatoms. The van der Waals surface area contributed by atoms with Gasteiger partial charge in [0.05, 0.1) is 39.8 Å². The lowest BCUT2D eigenvalue weighted by molar-refractivity contribution is 0.565. The van der Waals surface area contributed by atoms with Crippen molar-refractivity contribution in [3.05, 3.63) is 106 Å². The molecule has 4 aromatic rings. The number of anilines is 2. The molecular weight excluding hydrogens is 561 g/mol. The Hall–Kier alpha value is -3.11.